The van der Waals surface area contributed by atoms with Gasteiger partial charge in [0.15, 0.2) is 0 Å². The molecule has 2 aromatic rings. The van der Waals surface area contributed by atoms with E-state index in [1.165, 1.54) is 16.1 Å². The van der Waals surface area contributed by atoms with Gasteiger partial charge in [-0.25, -0.2) is 8.42 Å². The Balaban J connectivity index is 1.75. The maximum absolute atomic E-state index is 12.3. The summed E-state index contributed by atoms with van der Waals surface area (Å²) in [7, 11) is -3.43. The number of carbonyl (C=O) groups is 1. The first kappa shape index (κ1) is 25.5. The number of rotatable bonds is 12. The fourth-order valence-electron chi connectivity index (χ4n) is 3.24. The molecule has 1 N–H and O–H groups in total. The van der Waals surface area contributed by atoms with Crippen molar-refractivity contribution in [1.82, 2.24) is 5.32 Å². The van der Waals surface area contributed by atoms with Crippen LogP contribution in [-0.4, -0.2) is 40.3 Å². The van der Waals surface area contributed by atoms with Gasteiger partial charge in [-0.3, -0.25) is 9.10 Å². The number of halogens is 1. The summed E-state index contributed by atoms with van der Waals surface area (Å²) in [5.41, 5.74) is 2.83. The second kappa shape index (κ2) is 12.3. The van der Waals surface area contributed by atoms with E-state index in [1.54, 1.807) is 0 Å². The molecule has 0 aromatic heterocycles. The smallest absolute Gasteiger partial charge is 0.232 e. The number of carbonyl (C=O) groups excluding carboxylic acids is 1. The van der Waals surface area contributed by atoms with Crippen molar-refractivity contribution in [2.24, 2.45) is 0 Å². The molecule has 0 saturated carbocycles. The van der Waals surface area contributed by atoms with Crippen LogP contribution in [0.1, 0.15) is 37.3 Å². The van der Waals surface area contributed by atoms with Crippen molar-refractivity contribution in [2.75, 3.05) is 30.3 Å². The monoisotopic (exact) mass is 558 g/mol. The molecule has 2 aromatic carbocycles. The van der Waals surface area contributed by atoms with Crippen LogP contribution in [0.15, 0.2) is 42.5 Å². The molecule has 170 valence electrons. The summed E-state index contributed by atoms with van der Waals surface area (Å²) in [6, 6.07) is 13.6. The van der Waals surface area contributed by atoms with Crippen LogP contribution in [-0.2, 0) is 21.2 Å². The molecule has 0 unspecified atom stereocenters. The van der Waals surface area contributed by atoms with E-state index in [1.807, 2.05) is 37.3 Å². The van der Waals surface area contributed by atoms with E-state index in [9.17, 15) is 13.2 Å². The fourth-order valence-corrected chi connectivity index (χ4v) is 4.91. The highest BCUT2D eigenvalue weighted by Crippen LogP contribution is 2.24. The van der Waals surface area contributed by atoms with E-state index in [0.717, 1.165) is 27.7 Å². The Kier molecular flexibility index (Phi) is 10.1. The normalized spacial score (nSPS) is 11.2. The molecule has 0 heterocycles. The summed E-state index contributed by atoms with van der Waals surface area (Å²) in [5.74, 6) is 0.667. The Hall–Kier alpha value is -1.81. The number of nitrogens with one attached hydrogen (secondary N) is 1. The molecule has 0 radical (unpaired) electrons. The average molecular weight is 558 g/mol. The molecule has 1 amide bonds. The van der Waals surface area contributed by atoms with Gasteiger partial charge >= 0.3 is 0 Å². The molecule has 0 aliphatic carbocycles. The van der Waals surface area contributed by atoms with Gasteiger partial charge in [0.25, 0.3) is 0 Å². The Morgan fingerprint density at radius 1 is 1.16 bits per heavy atom. The largest absolute Gasteiger partial charge is 0.492 e. The van der Waals surface area contributed by atoms with Crippen LogP contribution in [0, 0.1) is 10.5 Å². The minimum absolute atomic E-state index is 0.116. The average Bonchev–Trinajstić information content (AvgIpc) is 2.70. The predicted molar refractivity (Wildman–Crippen MR) is 134 cm³/mol. The van der Waals surface area contributed by atoms with Crippen molar-refractivity contribution in [3.8, 4) is 5.75 Å². The van der Waals surface area contributed by atoms with Crippen molar-refractivity contribution in [3.05, 3.63) is 57.2 Å². The minimum Gasteiger partial charge on any atom is -0.492 e. The minimum atomic E-state index is -3.43. The third kappa shape index (κ3) is 8.68. The highest BCUT2D eigenvalue weighted by atomic mass is 127. The number of anilines is 1. The van der Waals surface area contributed by atoms with Gasteiger partial charge in [-0.1, -0.05) is 25.5 Å². The molecule has 0 aliphatic heterocycles. The lowest BCUT2D eigenvalue weighted by Crippen LogP contribution is -2.33. The number of benzene rings is 2. The van der Waals surface area contributed by atoms with Crippen LogP contribution in [0.25, 0.3) is 0 Å². The predicted octanol–water partition coefficient (Wildman–Crippen LogP) is 4.29. The van der Waals surface area contributed by atoms with Crippen LogP contribution in [0.5, 0.6) is 5.75 Å². The highest BCUT2D eigenvalue weighted by Gasteiger charge is 2.19. The second-order valence-corrected chi connectivity index (χ2v) is 10.6. The number of nitrogens with zero attached hydrogens (tertiary/aromatic N) is 1. The molecule has 6 nitrogen and oxygen atoms in total. The Labute approximate surface area is 199 Å². The molecule has 2 rings (SSSR count). The van der Waals surface area contributed by atoms with E-state index >= 15 is 0 Å². The van der Waals surface area contributed by atoms with Crippen molar-refractivity contribution in [1.29, 1.82) is 0 Å². The standard InChI is InChI=1S/C23H31IN2O4S/c1-4-6-19-8-11-21(12-9-19)30-16-14-25-23(27)7-5-15-26(31(3,28)29)22-13-10-20(24)17-18(22)2/h8-13,17H,4-7,14-16H2,1-3H3,(H,25,27). The maximum Gasteiger partial charge on any atom is 0.232 e. The number of ether oxygens (including phenoxy) is 1. The highest BCUT2D eigenvalue weighted by molar-refractivity contribution is 14.1. The van der Waals surface area contributed by atoms with Crippen LogP contribution in [0.2, 0.25) is 0 Å². The molecule has 0 saturated heterocycles. The van der Waals surface area contributed by atoms with Gasteiger partial charge < -0.3 is 10.1 Å². The lowest BCUT2D eigenvalue weighted by atomic mass is 10.1. The Morgan fingerprint density at radius 3 is 2.48 bits per heavy atom. The number of hydrogen-bond donors (Lipinski definition) is 1. The molecule has 0 aliphatic rings. The second-order valence-electron chi connectivity index (χ2n) is 7.46. The summed E-state index contributed by atoms with van der Waals surface area (Å²) in [4.78, 5) is 12.1. The van der Waals surface area contributed by atoms with E-state index < -0.39 is 10.0 Å². The quantitative estimate of drug-likeness (QED) is 0.312. The molecular weight excluding hydrogens is 527 g/mol. The summed E-state index contributed by atoms with van der Waals surface area (Å²) in [6.45, 7) is 5.08. The van der Waals surface area contributed by atoms with Crippen LogP contribution < -0.4 is 14.4 Å². The van der Waals surface area contributed by atoms with Gasteiger partial charge in [0, 0.05) is 16.5 Å². The third-order valence-corrected chi connectivity index (χ3v) is 6.60. The van der Waals surface area contributed by atoms with E-state index in [-0.39, 0.29) is 18.9 Å². The Morgan fingerprint density at radius 2 is 1.87 bits per heavy atom. The van der Waals surface area contributed by atoms with Crippen LogP contribution in [0.3, 0.4) is 0 Å². The summed E-state index contributed by atoms with van der Waals surface area (Å²) in [6.07, 6.45) is 4.04. The molecule has 0 fully saturated rings. The van der Waals surface area contributed by atoms with Crippen molar-refractivity contribution in [2.45, 2.75) is 39.5 Å². The first-order chi connectivity index (χ1) is 14.7. The molecule has 0 spiro atoms. The topological polar surface area (TPSA) is 75.7 Å². The van der Waals surface area contributed by atoms with Gasteiger partial charge in [0.2, 0.25) is 15.9 Å². The van der Waals surface area contributed by atoms with E-state index in [2.05, 4.69) is 47.0 Å². The van der Waals surface area contributed by atoms with Gasteiger partial charge in [-0.2, -0.15) is 0 Å². The summed E-state index contributed by atoms with van der Waals surface area (Å²) < 4.78 is 32.6. The van der Waals surface area contributed by atoms with Gasteiger partial charge in [0.05, 0.1) is 18.5 Å². The lowest BCUT2D eigenvalue weighted by molar-refractivity contribution is -0.121. The molecular formula is C23H31IN2O4S. The Bertz CT molecular complexity index is 962. The number of hydrogen-bond acceptors (Lipinski definition) is 4. The molecule has 0 atom stereocenters. The first-order valence-corrected chi connectivity index (χ1v) is 13.4. The fraction of sp³-hybridized carbons (Fsp3) is 0.435. The van der Waals surface area contributed by atoms with E-state index in [0.29, 0.717) is 25.3 Å². The van der Waals surface area contributed by atoms with E-state index in [4.69, 9.17) is 4.74 Å². The number of amides is 1. The summed E-state index contributed by atoms with van der Waals surface area (Å²) in [5, 5.41) is 2.82. The zero-order chi connectivity index (χ0) is 22.9. The van der Waals surface area contributed by atoms with Crippen molar-refractivity contribution in [3.63, 3.8) is 0 Å². The number of sulfonamides is 1. The number of aryl methyl sites for hydroxylation is 2. The lowest BCUT2D eigenvalue weighted by Gasteiger charge is -2.24. The van der Waals surface area contributed by atoms with Crippen LogP contribution in [0.4, 0.5) is 5.69 Å². The van der Waals surface area contributed by atoms with Crippen molar-refractivity contribution >= 4 is 44.2 Å². The van der Waals surface area contributed by atoms with Gasteiger partial charge in [0.1, 0.15) is 12.4 Å². The molecule has 31 heavy (non-hydrogen) atoms. The van der Waals surface area contributed by atoms with Crippen LogP contribution >= 0.6 is 22.6 Å². The van der Waals surface area contributed by atoms with Gasteiger partial charge in [-0.15, -0.1) is 0 Å². The third-order valence-electron chi connectivity index (χ3n) is 4.75. The molecule has 8 heteroatoms. The summed E-state index contributed by atoms with van der Waals surface area (Å²) >= 11 is 2.20. The van der Waals surface area contributed by atoms with Crippen molar-refractivity contribution < 1.29 is 17.9 Å². The zero-order valence-electron chi connectivity index (χ0n) is 18.4. The molecule has 0 bridgehead atoms. The maximum atomic E-state index is 12.3. The zero-order valence-corrected chi connectivity index (χ0v) is 21.3. The SMILES string of the molecule is CCCc1ccc(OCCNC(=O)CCCN(c2ccc(I)cc2C)S(C)(=O)=O)cc1. The first-order valence-electron chi connectivity index (χ1n) is 10.4. The van der Waals surface area contributed by atoms with Gasteiger partial charge in [-0.05, 0) is 83.8 Å².